The third-order valence-electron chi connectivity index (χ3n) is 4.04. The van der Waals surface area contributed by atoms with E-state index in [0.717, 1.165) is 5.69 Å². The van der Waals surface area contributed by atoms with Crippen LogP contribution in [0.25, 0.3) is 0 Å². The van der Waals surface area contributed by atoms with Gasteiger partial charge in [0.25, 0.3) is 11.8 Å². The van der Waals surface area contributed by atoms with Crippen molar-refractivity contribution in [3.8, 4) is 5.75 Å². The molecular weight excluding hydrogens is 342 g/mol. The Kier molecular flexibility index (Phi) is 5.47. The molecule has 0 atom stereocenters. The minimum Gasteiger partial charge on any atom is -0.497 e. The number of aromatic nitrogens is 1. The fourth-order valence-electron chi connectivity index (χ4n) is 2.52. The molecule has 0 saturated carbocycles. The summed E-state index contributed by atoms with van der Waals surface area (Å²) in [4.78, 5) is 30.8. The Morgan fingerprint density at radius 2 is 1.70 bits per heavy atom. The second-order valence-corrected chi connectivity index (χ2v) is 5.81. The van der Waals surface area contributed by atoms with Crippen LogP contribution < -0.4 is 15.0 Å². The molecular formula is C21H19N3O3. The van der Waals surface area contributed by atoms with Gasteiger partial charge in [-0.15, -0.1) is 0 Å². The highest BCUT2D eigenvalue weighted by Gasteiger charge is 2.16. The summed E-state index contributed by atoms with van der Waals surface area (Å²) in [5, 5.41) is 2.75. The first-order chi connectivity index (χ1) is 13.1. The van der Waals surface area contributed by atoms with Crippen LogP contribution in [0.4, 0.5) is 11.4 Å². The van der Waals surface area contributed by atoms with E-state index >= 15 is 0 Å². The van der Waals surface area contributed by atoms with Crippen molar-refractivity contribution in [2.75, 3.05) is 24.4 Å². The lowest BCUT2D eigenvalue weighted by Gasteiger charge is -2.17. The van der Waals surface area contributed by atoms with Crippen molar-refractivity contribution in [1.29, 1.82) is 0 Å². The number of methoxy groups -OCH3 is 1. The molecule has 0 aliphatic carbocycles. The van der Waals surface area contributed by atoms with E-state index in [1.54, 1.807) is 44.5 Å². The first-order valence-corrected chi connectivity index (χ1v) is 8.33. The molecule has 0 aliphatic rings. The average molecular weight is 361 g/mol. The number of hydrogen-bond donors (Lipinski definition) is 1. The van der Waals surface area contributed by atoms with Crippen LogP contribution in [0.5, 0.6) is 5.75 Å². The topological polar surface area (TPSA) is 71.5 Å². The summed E-state index contributed by atoms with van der Waals surface area (Å²) >= 11 is 0. The summed E-state index contributed by atoms with van der Waals surface area (Å²) in [5.74, 6) is 0.0851. The summed E-state index contributed by atoms with van der Waals surface area (Å²) in [7, 11) is 3.27. The molecule has 0 radical (unpaired) electrons. The molecule has 6 nitrogen and oxygen atoms in total. The number of ether oxygens (including phenoxy) is 1. The third-order valence-corrected chi connectivity index (χ3v) is 4.04. The molecule has 6 heteroatoms. The second kappa shape index (κ2) is 8.14. The van der Waals surface area contributed by atoms with E-state index in [9.17, 15) is 9.59 Å². The van der Waals surface area contributed by atoms with Crippen LogP contribution in [0.3, 0.4) is 0 Å². The SMILES string of the molecule is COc1ccc(NC(=O)c2cc(C(=O)N(C)c3ccccc3)ccn2)cc1. The molecule has 0 spiro atoms. The lowest BCUT2D eigenvalue weighted by molar-refractivity contribution is 0.0993. The van der Waals surface area contributed by atoms with Crippen LogP contribution in [0.2, 0.25) is 0 Å². The predicted molar refractivity (Wildman–Crippen MR) is 104 cm³/mol. The molecule has 0 bridgehead atoms. The average Bonchev–Trinajstić information content (AvgIpc) is 2.74. The van der Waals surface area contributed by atoms with Gasteiger partial charge in [-0.2, -0.15) is 0 Å². The van der Waals surface area contributed by atoms with Crippen molar-refractivity contribution in [1.82, 2.24) is 4.98 Å². The molecule has 136 valence electrons. The highest BCUT2D eigenvalue weighted by molar-refractivity contribution is 6.08. The van der Waals surface area contributed by atoms with E-state index in [1.165, 1.54) is 17.2 Å². The van der Waals surface area contributed by atoms with E-state index < -0.39 is 5.91 Å². The number of benzene rings is 2. The summed E-state index contributed by atoms with van der Waals surface area (Å²) < 4.78 is 5.09. The molecule has 2 aromatic carbocycles. The number of hydrogen-bond acceptors (Lipinski definition) is 4. The van der Waals surface area contributed by atoms with E-state index in [2.05, 4.69) is 10.3 Å². The Morgan fingerprint density at radius 1 is 1.00 bits per heavy atom. The van der Waals surface area contributed by atoms with Crippen molar-refractivity contribution in [2.24, 2.45) is 0 Å². The number of carbonyl (C=O) groups is 2. The van der Waals surface area contributed by atoms with Gasteiger partial charge in [0, 0.05) is 30.2 Å². The number of nitrogens with zero attached hydrogens (tertiary/aromatic N) is 2. The predicted octanol–water partition coefficient (Wildman–Crippen LogP) is 3.62. The first kappa shape index (κ1) is 18.1. The smallest absolute Gasteiger partial charge is 0.274 e. The number of pyridine rings is 1. The number of rotatable bonds is 5. The summed E-state index contributed by atoms with van der Waals surface area (Å²) in [5.41, 5.74) is 1.93. The van der Waals surface area contributed by atoms with Gasteiger partial charge in [-0.1, -0.05) is 18.2 Å². The van der Waals surface area contributed by atoms with Crippen LogP contribution in [-0.4, -0.2) is 31.0 Å². The van der Waals surface area contributed by atoms with E-state index in [1.807, 2.05) is 30.3 Å². The molecule has 0 saturated heterocycles. The van der Waals surface area contributed by atoms with Gasteiger partial charge in [-0.3, -0.25) is 14.6 Å². The van der Waals surface area contributed by atoms with E-state index in [0.29, 0.717) is 17.0 Å². The van der Waals surface area contributed by atoms with Gasteiger partial charge in [0.05, 0.1) is 7.11 Å². The van der Waals surface area contributed by atoms with Crippen LogP contribution in [0, 0.1) is 0 Å². The highest BCUT2D eigenvalue weighted by atomic mass is 16.5. The summed E-state index contributed by atoms with van der Waals surface area (Å²) in [6, 6.07) is 19.3. The number of nitrogens with one attached hydrogen (secondary N) is 1. The van der Waals surface area contributed by atoms with Gasteiger partial charge < -0.3 is 15.0 Å². The minimum atomic E-state index is -0.391. The van der Waals surface area contributed by atoms with Crippen LogP contribution in [0.1, 0.15) is 20.8 Å². The molecule has 1 N–H and O–H groups in total. The normalized spacial score (nSPS) is 10.1. The van der Waals surface area contributed by atoms with Gasteiger partial charge in [-0.25, -0.2) is 0 Å². The molecule has 0 unspecified atom stereocenters. The van der Waals surface area contributed by atoms with E-state index in [4.69, 9.17) is 4.74 Å². The Hall–Kier alpha value is -3.67. The highest BCUT2D eigenvalue weighted by Crippen LogP contribution is 2.17. The van der Waals surface area contributed by atoms with E-state index in [-0.39, 0.29) is 11.6 Å². The maximum Gasteiger partial charge on any atom is 0.274 e. The Morgan fingerprint density at radius 3 is 2.37 bits per heavy atom. The largest absolute Gasteiger partial charge is 0.497 e. The molecule has 1 heterocycles. The molecule has 0 fully saturated rings. The van der Waals surface area contributed by atoms with Crippen molar-refractivity contribution in [3.05, 3.63) is 84.2 Å². The van der Waals surface area contributed by atoms with Crippen molar-refractivity contribution in [2.45, 2.75) is 0 Å². The van der Waals surface area contributed by atoms with Gasteiger partial charge in [0.1, 0.15) is 11.4 Å². The fraction of sp³-hybridized carbons (Fsp3) is 0.0952. The Labute approximate surface area is 157 Å². The molecule has 3 rings (SSSR count). The zero-order chi connectivity index (χ0) is 19.2. The standard InChI is InChI=1S/C21H19N3O3/c1-24(17-6-4-3-5-7-17)21(26)15-12-13-22-19(14-15)20(25)23-16-8-10-18(27-2)11-9-16/h3-14H,1-2H3,(H,23,25). The zero-order valence-electron chi connectivity index (χ0n) is 15.0. The van der Waals surface area contributed by atoms with Gasteiger partial charge >= 0.3 is 0 Å². The maximum absolute atomic E-state index is 12.7. The van der Waals surface area contributed by atoms with Crippen molar-refractivity contribution < 1.29 is 14.3 Å². The van der Waals surface area contributed by atoms with Gasteiger partial charge in [0.2, 0.25) is 0 Å². The van der Waals surface area contributed by atoms with Crippen LogP contribution in [-0.2, 0) is 0 Å². The number of carbonyl (C=O) groups excluding carboxylic acids is 2. The first-order valence-electron chi connectivity index (χ1n) is 8.33. The number of anilines is 2. The quantitative estimate of drug-likeness (QED) is 0.753. The van der Waals surface area contributed by atoms with Gasteiger partial charge in [0.15, 0.2) is 0 Å². The molecule has 0 aliphatic heterocycles. The zero-order valence-corrected chi connectivity index (χ0v) is 15.0. The van der Waals surface area contributed by atoms with Crippen LogP contribution >= 0.6 is 0 Å². The lowest BCUT2D eigenvalue weighted by atomic mass is 10.2. The monoisotopic (exact) mass is 361 g/mol. The lowest BCUT2D eigenvalue weighted by Crippen LogP contribution is -2.26. The van der Waals surface area contributed by atoms with Crippen molar-refractivity contribution >= 4 is 23.2 Å². The summed E-state index contributed by atoms with van der Waals surface area (Å²) in [6.07, 6.45) is 1.45. The summed E-state index contributed by atoms with van der Waals surface area (Å²) in [6.45, 7) is 0. The molecule has 2 amide bonds. The maximum atomic E-state index is 12.7. The van der Waals surface area contributed by atoms with Crippen molar-refractivity contribution in [3.63, 3.8) is 0 Å². The minimum absolute atomic E-state index is 0.165. The number of para-hydroxylation sites is 1. The molecule has 3 aromatic rings. The molecule has 1 aromatic heterocycles. The van der Waals surface area contributed by atoms with Crippen LogP contribution in [0.15, 0.2) is 72.9 Å². The second-order valence-electron chi connectivity index (χ2n) is 5.81. The Balaban J connectivity index is 1.76. The number of amides is 2. The Bertz CT molecular complexity index is 940. The molecule has 27 heavy (non-hydrogen) atoms. The fourth-order valence-corrected chi connectivity index (χ4v) is 2.52. The third kappa shape index (κ3) is 4.30. The van der Waals surface area contributed by atoms with Gasteiger partial charge in [-0.05, 0) is 48.5 Å².